The van der Waals surface area contributed by atoms with E-state index in [1.807, 2.05) is 0 Å². The second-order valence-corrected chi connectivity index (χ2v) is 6.02. The molecule has 29 heavy (non-hydrogen) atoms. The minimum atomic E-state index is -3.71. The third-order valence-electron chi connectivity index (χ3n) is 4.06. The van der Waals surface area contributed by atoms with Gasteiger partial charge < -0.3 is 14.2 Å². The van der Waals surface area contributed by atoms with Crippen LogP contribution < -0.4 is 14.8 Å². The number of anilines is 1. The second-order valence-electron chi connectivity index (χ2n) is 6.02. The van der Waals surface area contributed by atoms with Gasteiger partial charge in [0.05, 0.1) is 11.4 Å². The highest BCUT2D eigenvalue weighted by molar-refractivity contribution is 5.84. The van der Waals surface area contributed by atoms with Gasteiger partial charge in [-0.15, -0.1) is 8.78 Å². The van der Waals surface area contributed by atoms with E-state index in [1.165, 1.54) is 24.5 Å². The monoisotopic (exact) mass is 400 g/mol. The highest BCUT2D eigenvalue weighted by atomic mass is 19.3. The zero-order chi connectivity index (χ0) is 20.4. The van der Waals surface area contributed by atoms with Crippen LogP contribution in [0, 0.1) is 6.92 Å². The number of alkyl halides is 2. The maximum absolute atomic E-state index is 13.3. The van der Waals surface area contributed by atoms with Gasteiger partial charge in [0.15, 0.2) is 11.5 Å². The number of fused-ring (bicyclic) bond motifs is 1. The fourth-order valence-electron chi connectivity index (χ4n) is 2.68. The largest absolute Gasteiger partial charge is 0.586 e. The molecule has 1 N–H and O–H groups in total. The molecule has 0 aliphatic carbocycles. The van der Waals surface area contributed by atoms with E-state index >= 15 is 0 Å². The molecule has 1 aromatic carbocycles. The molecule has 3 aromatic rings. The first-order valence-corrected chi connectivity index (χ1v) is 8.47. The number of nitrogens with one attached hydrogen (secondary N) is 1. The number of aromatic nitrogens is 3. The van der Waals surface area contributed by atoms with Gasteiger partial charge in [-0.25, -0.2) is 9.78 Å². The summed E-state index contributed by atoms with van der Waals surface area (Å²) < 4.78 is 40.8. The van der Waals surface area contributed by atoms with Crippen LogP contribution in [0.1, 0.15) is 11.4 Å². The van der Waals surface area contributed by atoms with E-state index in [4.69, 9.17) is 4.74 Å². The van der Waals surface area contributed by atoms with Crippen molar-refractivity contribution in [2.75, 3.05) is 5.32 Å². The van der Waals surface area contributed by atoms with Crippen LogP contribution >= 0.6 is 0 Å². The molecular weight excluding hydrogens is 386 g/mol. The van der Waals surface area contributed by atoms with E-state index in [0.717, 1.165) is 0 Å². The van der Waals surface area contributed by atoms with Crippen molar-refractivity contribution in [2.45, 2.75) is 19.8 Å². The molecule has 4 rings (SSSR count). The van der Waals surface area contributed by atoms with Gasteiger partial charge in [-0.3, -0.25) is 15.3 Å². The molecule has 1 aliphatic rings. The molecule has 0 saturated carbocycles. The minimum Gasteiger partial charge on any atom is -0.443 e. The van der Waals surface area contributed by atoms with Gasteiger partial charge >= 0.3 is 12.4 Å². The summed E-state index contributed by atoms with van der Waals surface area (Å²) in [5, 5.41) is 2.48. The fourth-order valence-corrected chi connectivity index (χ4v) is 2.68. The van der Waals surface area contributed by atoms with E-state index in [0.29, 0.717) is 22.5 Å². The smallest absolute Gasteiger partial charge is 0.443 e. The predicted octanol–water partition coefficient (Wildman–Crippen LogP) is 3.92. The number of halogens is 2. The zero-order valence-electron chi connectivity index (χ0n) is 15.1. The van der Waals surface area contributed by atoms with Crippen LogP contribution in [0.4, 0.5) is 19.4 Å². The quantitative estimate of drug-likeness (QED) is 0.709. The third-order valence-corrected chi connectivity index (χ3v) is 4.06. The Hall–Kier alpha value is -3.82. The van der Waals surface area contributed by atoms with Crippen LogP contribution in [-0.4, -0.2) is 27.3 Å². The second kappa shape index (κ2) is 7.30. The number of ether oxygens (including phenoxy) is 3. The molecule has 0 fully saturated rings. The Morgan fingerprint density at radius 3 is 2.72 bits per heavy atom. The Labute approximate surface area is 163 Å². The van der Waals surface area contributed by atoms with Crippen molar-refractivity contribution in [3.63, 3.8) is 0 Å². The van der Waals surface area contributed by atoms with E-state index in [9.17, 15) is 13.6 Å². The molecule has 8 nitrogen and oxygen atoms in total. The van der Waals surface area contributed by atoms with Crippen molar-refractivity contribution in [3.05, 3.63) is 60.3 Å². The minimum absolute atomic E-state index is 0.0364. The Morgan fingerprint density at radius 2 is 1.97 bits per heavy atom. The summed E-state index contributed by atoms with van der Waals surface area (Å²) in [4.78, 5) is 24.2. The topological polar surface area (TPSA) is 95.5 Å². The Bertz CT molecular complexity index is 1060. The van der Waals surface area contributed by atoms with Crippen LogP contribution in [0.25, 0.3) is 11.1 Å². The van der Waals surface area contributed by atoms with Gasteiger partial charge in [0.1, 0.15) is 12.4 Å². The normalized spacial score (nSPS) is 13.8. The zero-order valence-corrected chi connectivity index (χ0v) is 15.1. The van der Waals surface area contributed by atoms with Gasteiger partial charge in [0.2, 0.25) is 0 Å². The van der Waals surface area contributed by atoms with E-state index in [-0.39, 0.29) is 23.9 Å². The number of amides is 1. The highest BCUT2D eigenvalue weighted by Gasteiger charge is 2.44. The van der Waals surface area contributed by atoms with Crippen LogP contribution in [-0.2, 0) is 11.3 Å². The summed E-state index contributed by atoms with van der Waals surface area (Å²) in [6.45, 7) is 1.72. The third kappa shape index (κ3) is 4.05. The number of aryl methyl sites for hydroxylation is 1. The molecule has 10 heteroatoms. The highest BCUT2D eigenvalue weighted by Crippen LogP contribution is 2.46. The number of rotatable bonds is 4. The van der Waals surface area contributed by atoms with Crippen molar-refractivity contribution in [1.82, 2.24) is 15.0 Å². The van der Waals surface area contributed by atoms with E-state index in [2.05, 4.69) is 29.7 Å². The summed E-state index contributed by atoms with van der Waals surface area (Å²) in [5.74, 6) is 0.0982. The van der Waals surface area contributed by atoms with Crippen molar-refractivity contribution >= 4 is 11.9 Å². The van der Waals surface area contributed by atoms with Crippen LogP contribution in [0.15, 0.2) is 48.9 Å². The lowest BCUT2D eigenvalue weighted by Crippen LogP contribution is -2.26. The molecular formula is C19H14F2N4O4. The number of carbonyl (C=O) groups is 1. The number of hydrogen-bond acceptors (Lipinski definition) is 7. The van der Waals surface area contributed by atoms with E-state index < -0.39 is 12.4 Å². The lowest BCUT2D eigenvalue weighted by Gasteiger charge is -2.09. The van der Waals surface area contributed by atoms with Crippen molar-refractivity contribution in [1.29, 1.82) is 0 Å². The van der Waals surface area contributed by atoms with Crippen LogP contribution in [0.5, 0.6) is 11.5 Å². The predicted molar refractivity (Wildman–Crippen MR) is 96.5 cm³/mol. The first-order chi connectivity index (χ1) is 13.9. The SMILES string of the molecule is Cc1nccnc1COC(=O)Nc1ccc(-c2cccc3c2OC(F)(F)O3)cn1. The molecule has 0 spiro atoms. The standard InChI is InChI=1S/C19H14F2N4O4/c1-11-14(23-8-7-22-11)10-27-18(26)25-16-6-5-12(9-24-16)13-3-2-4-15-17(13)29-19(20,21)28-15/h2-9H,10H2,1H3,(H,24,25,26). The maximum Gasteiger partial charge on any atom is 0.586 e. The Morgan fingerprint density at radius 1 is 1.14 bits per heavy atom. The molecule has 0 saturated heterocycles. The molecule has 1 aliphatic heterocycles. The van der Waals surface area contributed by atoms with Gasteiger partial charge in [-0.1, -0.05) is 12.1 Å². The average Bonchev–Trinajstić information content (AvgIpc) is 3.02. The molecule has 0 unspecified atom stereocenters. The van der Waals surface area contributed by atoms with Crippen LogP contribution in [0.3, 0.4) is 0 Å². The summed E-state index contributed by atoms with van der Waals surface area (Å²) >= 11 is 0. The summed E-state index contributed by atoms with van der Waals surface area (Å²) in [6, 6.07) is 7.67. The number of pyridine rings is 1. The first kappa shape index (κ1) is 18.5. The fraction of sp³-hybridized carbons (Fsp3) is 0.158. The van der Waals surface area contributed by atoms with Gasteiger partial charge in [-0.05, 0) is 25.1 Å². The number of benzene rings is 1. The summed E-state index contributed by atoms with van der Waals surface area (Å²) in [7, 11) is 0. The number of carbonyl (C=O) groups excluding carboxylic acids is 1. The Balaban J connectivity index is 1.42. The summed E-state index contributed by atoms with van der Waals surface area (Å²) in [6.07, 6.45) is 0.0445. The lowest BCUT2D eigenvalue weighted by molar-refractivity contribution is -0.286. The molecule has 0 atom stereocenters. The van der Waals surface area contributed by atoms with Crippen molar-refractivity contribution in [3.8, 4) is 22.6 Å². The van der Waals surface area contributed by atoms with Gasteiger partial charge in [0.25, 0.3) is 0 Å². The molecule has 3 heterocycles. The van der Waals surface area contributed by atoms with Crippen molar-refractivity contribution < 1.29 is 27.8 Å². The number of hydrogen-bond donors (Lipinski definition) is 1. The molecule has 1 amide bonds. The van der Waals surface area contributed by atoms with Gasteiger partial charge in [-0.2, -0.15) is 0 Å². The number of para-hydroxylation sites is 1. The van der Waals surface area contributed by atoms with E-state index in [1.54, 1.807) is 31.3 Å². The molecule has 148 valence electrons. The maximum atomic E-state index is 13.3. The Kier molecular flexibility index (Phi) is 4.67. The average molecular weight is 400 g/mol. The molecule has 2 aromatic heterocycles. The first-order valence-electron chi connectivity index (χ1n) is 8.47. The van der Waals surface area contributed by atoms with Crippen LogP contribution in [0.2, 0.25) is 0 Å². The number of nitrogens with zero attached hydrogens (tertiary/aromatic N) is 3. The molecule has 0 radical (unpaired) electrons. The molecule has 0 bridgehead atoms. The van der Waals surface area contributed by atoms with Gasteiger partial charge in [0, 0.05) is 29.7 Å². The lowest BCUT2D eigenvalue weighted by atomic mass is 10.1. The summed E-state index contributed by atoms with van der Waals surface area (Å²) in [5.41, 5.74) is 2.11. The van der Waals surface area contributed by atoms with Crippen molar-refractivity contribution in [2.24, 2.45) is 0 Å².